The van der Waals surface area contributed by atoms with Crippen LogP contribution in [0.4, 0.5) is 11.4 Å². The van der Waals surface area contributed by atoms with E-state index < -0.39 is 0 Å². The molecule has 0 spiro atoms. The summed E-state index contributed by atoms with van der Waals surface area (Å²) in [7, 11) is 1.58. The minimum Gasteiger partial charge on any atom is -0.494 e. The van der Waals surface area contributed by atoms with Crippen LogP contribution in [0.15, 0.2) is 48.5 Å². The predicted octanol–water partition coefficient (Wildman–Crippen LogP) is 2.50. The fourth-order valence-electron chi connectivity index (χ4n) is 2.10. The summed E-state index contributed by atoms with van der Waals surface area (Å²) >= 11 is 0. The van der Waals surface area contributed by atoms with E-state index >= 15 is 0 Å². The van der Waals surface area contributed by atoms with Crippen LogP contribution in [-0.2, 0) is 4.79 Å². The molecule has 6 nitrogen and oxygen atoms in total. The van der Waals surface area contributed by atoms with Crippen molar-refractivity contribution in [1.82, 2.24) is 5.32 Å². The second-order valence-corrected chi connectivity index (χ2v) is 5.02. The van der Waals surface area contributed by atoms with Crippen molar-refractivity contribution in [1.29, 1.82) is 0 Å². The molecule has 0 heterocycles. The van der Waals surface area contributed by atoms with Crippen LogP contribution in [0.1, 0.15) is 17.3 Å². The van der Waals surface area contributed by atoms with Crippen molar-refractivity contribution >= 4 is 23.2 Å². The van der Waals surface area contributed by atoms with Gasteiger partial charge in [0.05, 0.1) is 13.2 Å². The number of rotatable bonds is 7. The summed E-state index contributed by atoms with van der Waals surface area (Å²) < 4.78 is 5.40. The van der Waals surface area contributed by atoms with Crippen LogP contribution in [0.25, 0.3) is 0 Å². The highest BCUT2D eigenvalue weighted by Crippen LogP contribution is 2.17. The van der Waals surface area contributed by atoms with Crippen molar-refractivity contribution in [3.63, 3.8) is 0 Å². The van der Waals surface area contributed by atoms with Crippen molar-refractivity contribution < 1.29 is 14.3 Å². The molecule has 0 saturated carbocycles. The summed E-state index contributed by atoms with van der Waals surface area (Å²) in [5.41, 5.74) is 2.02. The first-order chi connectivity index (χ1) is 11.6. The quantitative estimate of drug-likeness (QED) is 0.730. The number of hydrogen-bond acceptors (Lipinski definition) is 4. The van der Waals surface area contributed by atoms with Gasteiger partial charge < -0.3 is 20.7 Å². The molecule has 6 heteroatoms. The Morgan fingerprint density at radius 1 is 1.04 bits per heavy atom. The summed E-state index contributed by atoms with van der Waals surface area (Å²) in [6.45, 7) is 2.60. The molecule has 0 aromatic heterocycles. The number of hydrogen-bond donors (Lipinski definition) is 3. The van der Waals surface area contributed by atoms with Gasteiger partial charge in [-0.05, 0) is 43.3 Å². The van der Waals surface area contributed by atoms with Gasteiger partial charge in [-0.2, -0.15) is 0 Å². The van der Waals surface area contributed by atoms with E-state index in [-0.39, 0.29) is 18.4 Å². The third kappa shape index (κ3) is 5.01. The van der Waals surface area contributed by atoms with E-state index in [1.165, 1.54) is 0 Å². The number of ether oxygens (including phenoxy) is 1. The molecule has 2 aromatic rings. The molecule has 0 radical (unpaired) electrons. The molecular weight excluding hydrogens is 306 g/mol. The van der Waals surface area contributed by atoms with Crippen LogP contribution in [0, 0.1) is 0 Å². The molecule has 0 aliphatic rings. The average molecular weight is 327 g/mol. The zero-order valence-electron chi connectivity index (χ0n) is 13.8. The Bertz CT molecular complexity index is 699. The van der Waals surface area contributed by atoms with E-state index in [1.807, 2.05) is 19.1 Å². The fourth-order valence-corrected chi connectivity index (χ4v) is 2.10. The molecule has 0 atom stereocenters. The number of amides is 2. The smallest absolute Gasteiger partial charge is 0.251 e. The van der Waals surface area contributed by atoms with Gasteiger partial charge in [0.25, 0.3) is 5.91 Å². The van der Waals surface area contributed by atoms with Crippen molar-refractivity contribution in [2.45, 2.75) is 6.92 Å². The molecule has 0 saturated heterocycles. The molecule has 2 rings (SSSR count). The Morgan fingerprint density at radius 2 is 1.79 bits per heavy atom. The van der Waals surface area contributed by atoms with Crippen LogP contribution in [0.2, 0.25) is 0 Å². The van der Waals surface area contributed by atoms with Crippen molar-refractivity contribution in [2.24, 2.45) is 0 Å². The maximum Gasteiger partial charge on any atom is 0.251 e. The zero-order valence-corrected chi connectivity index (χ0v) is 13.8. The molecule has 2 aromatic carbocycles. The normalized spacial score (nSPS) is 9.92. The van der Waals surface area contributed by atoms with E-state index in [0.29, 0.717) is 23.6 Å². The van der Waals surface area contributed by atoms with E-state index in [9.17, 15) is 9.59 Å². The molecule has 0 aliphatic carbocycles. The van der Waals surface area contributed by atoms with Crippen molar-refractivity contribution in [3.8, 4) is 5.75 Å². The van der Waals surface area contributed by atoms with E-state index in [0.717, 1.165) is 5.69 Å². The highest BCUT2D eigenvalue weighted by atomic mass is 16.5. The maximum absolute atomic E-state index is 12.0. The van der Waals surface area contributed by atoms with Crippen LogP contribution in [-0.4, -0.2) is 32.0 Å². The lowest BCUT2D eigenvalue weighted by molar-refractivity contribution is -0.114. The van der Waals surface area contributed by atoms with Gasteiger partial charge in [0.2, 0.25) is 5.91 Å². The monoisotopic (exact) mass is 327 g/mol. The molecule has 24 heavy (non-hydrogen) atoms. The van der Waals surface area contributed by atoms with Gasteiger partial charge in [0, 0.05) is 30.1 Å². The lowest BCUT2D eigenvalue weighted by Gasteiger charge is -2.10. The van der Waals surface area contributed by atoms with Crippen LogP contribution in [0.3, 0.4) is 0 Å². The van der Waals surface area contributed by atoms with Gasteiger partial charge in [-0.1, -0.05) is 6.07 Å². The average Bonchev–Trinajstić information content (AvgIpc) is 2.60. The minimum atomic E-state index is -0.168. The number of carbonyl (C=O) groups excluding carboxylic acids is 2. The molecule has 0 aliphatic heterocycles. The molecule has 2 amide bonds. The molecule has 0 fully saturated rings. The number of carbonyl (C=O) groups is 2. The number of nitrogens with one attached hydrogen (secondary N) is 3. The Balaban J connectivity index is 1.86. The van der Waals surface area contributed by atoms with Gasteiger partial charge in [-0.3, -0.25) is 9.59 Å². The highest BCUT2D eigenvalue weighted by Gasteiger charge is 2.05. The summed E-state index contributed by atoms with van der Waals surface area (Å²) in [6.07, 6.45) is 0. The van der Waals surface area contributed by atoms with E-state index in [1.54, 1.807) is 43.4 Å². The third-order valence-corrected chi connectivity index (χ3v) is 3.26. The minimum absolute atomic E-state index is 0.123. The van der Waals surface area contributed by atoms with Crippen molar-refractivity contribution in [3.05, 3.63) is 54.1 Å². The van der Waals surface area contributed by atoms with Gasteiger partial charge in [-0.25, -0.2) is 0 Å². The Kier molecular flexibility index (Phi) is 6.19. The molecular formula is C18H21N3O3. The molecule has 0 unspecified atom stereocenters. The topological polar surface area (TPSA) is 79.5 Å². The Morgan fingerprint density at radius 3 is 2.46 bits per heavy atom. The van der Waals surface area contributed by atoms with E-state index in [4.69, 9.17) is 4.74 Å². The highest BCUT2D eigenvalue weighted by molar-refractivity contribution is 5.95. The molecule has 3 N–H and O–H groups in total. The van der Waals surface area contributed by atoms with Gasteiger partial charge in [0.1, 0.15) is 5.75 Å². The van der Waals surface area contributed by atoms with Gasteiger partial charge in [-0.15, -0.1) is 0 Å². The van der Waals surface area contributed by atoms with E-state index in [2.05, 4.69) is 16.0 Å². The van der Waals surface area contributed by atoms with Crippen LogP contribution in [0.5, 0.6) is 5.75 Å². The first kappa shape index (κ1) is 17.3. The van der Waals surface area contributed by atoms with Crippen LogP contribution >= 0.6 is 0 Å². The zero-order chi connectivity index (χ0) is 17.4. The summed E-state index contributed by atoms with van der Waals surface area (Å²) in [4.78, 5) is 23.5. The van der Waals surface area contributed by atoms with Gasteiger partial charge in [0.15, 0.2) is 0 Å². The van der Waals surface area contributed by atoms with Crippen molar-refractivity contribution in [2.75, 3.05) is 30.8 Å². The lowest BCUT2D eigenvalue weighted by Crippen LogP contribution is -2.22. The lowest BCUT2D eigenvalue weighted by atomic mass is 10.2. The SMILES string of the molecule is CCOc1cccc(NC(=O)CNc2ccc(C(=O)NC)cc2)c1. The summed E-state index contributed by atoms with van der Waals surface area (Å²) in [5.74, 6) is 0.403. The summed E-state index contributed by atoms with van der Waals surface area (Å²) in [6, 6.07) is 14.2. The Labute approximate surface area is 141 Å². The fraction of sp³-hybridized carbons (Fsp3) is 0.222. The second-order valence-electron chi connectivity index (χ2n) is 5.02. The number of anilines is 2. The molecule has 0 bridgehead atoms. The largest absolute Gasteiger partial charge is 0.494 e. The maximum atomic E-state index is 12.0. The third-order valence-electron chi connectivity index (χ3n) is 3.26. The number of benzene rings is 2. The first-order valence-electron chi connectivity index (χ1n) is 7.71. The standard InChI is InChI=1S/C18H21N3O3/c1-3-24-16-6-4-5-15(11-16)21-17(22)12-20-14-9-7-13(8-10-14)18(23)19-2/h4-11,20H,3,12H2,1-2H3,(H,19,23)(H,21,22). The van der Waals surface area contributed by atoms with Crippen LogP contribution < -0.4 is 20.7 Å². The summed E-state index contributed by atoms with van der Waals surface area (Å²) in [5, 5.41) is 8.38. The predicted molar refractivity (Wildman–Crippen MR) is 94.6 cm³/mol. The first-order valence-corrected chi connectivity index (χ1v) is 7.71. The Hall–Kier alpha value is -3.02. The second kappa shape index (κ2) is 8.57. The molecule has 126 valence electrons. The van der Waals surface area contributed by atoms with Gasteiger partial charge >= 0.3 is 0 Å².